The van der Waals surface area contributed by atoms with E-state index in [2.05, 4.69) is 25.4 Å². The van der Waals surface area contributed by atoms with Crippen LogP contribution in [0.25, 0.3) is 22.4 Å². The Kier molecular flexibility index (Phi) is 3.97. The fourth-order valence-electron chi connectivity index (χ4n) is 3.79. The van der Waals surface area contributed by atoms with Gasteiger partial charge in [-0.25, -0.2) is 19.5 Å². The summed E-state index contributed by atoms with van der Waals surface area (Å²) in [7, 11) is 1.79. The number of rotatable bonds is 4. The van der Waals surface area contributed by atoms with E-state index < -0.39 is 0 Å². The van der Waals surface area contributed by atoms with Crippen molar-refractivity contribution >= 4 is 17.2 Å². The third kappa shape index (κ3) is 3.02. The van der Waals surface area contributed by atoms with Crippen LogP contribution >= 0.6 is 0 Å². The highest BCUT2D eigenvalue weighted by molar-refractivity contribution is 5.79. The lowest BCUT2D eigenvalue weighted by Gasteiger charge is -2.28. The quantitative estimate of drug-likeness (QED) is 0.600. The molecular formula is C19H21N7O. The molecule has 1 saturated carbocycles. The van der Waals surface area contributed by atoms with Crippen LogP contribution in [0.2, 0.25) is 0 Å². The smallest absolute Gasteiger partial charge is 0.241 e. The number of aromatic nitrogens is 6. The number of methoxy groups -OCH3 is 1. The van der Waals surface area contributed by atoms with Crippen molar-refractivity contribution in [2.45, 2.75) is 37.8 Å². The minimum Gasteiger partial charge on any atom is -0.381 e. The SMILES string of the molecule is COC1CCC(Nc2ncc3c(-c4cnc5nccn5c4)ccn3n2)CC1. The maximum Gasteiger partial charge on any atom is 0.241 e. The minimum absolute atomic E-state index is 0.389. The van der Waals surface area contributed by atoms with Crippen molar-refractivity contribution in [2.24, 2.45) is 0 Å². The van der Waals surface area contributed by atoms with Crippen LogP contribution in [0.3, 0.4) is 0 Å². The molecule has 0 amide bonds. The van der Waals surface area contributed by atoms with E-state index in [-0.39, 0.29) is 0 Å². The average Bonchev–Trinajstić information content (AvgIpc) is 3.34. The molecule has 0 bridgehead atoms. The lowest BCUT2D eigenvalue weighted by Crippen LogP contribution is -2.30. The van der Waals surface area contributed by atoms with Gasteiger partial charge in [0.2, 0.25) is 11.7 Å². The molecule has 5 rings (SSSR count). The Balaban J connectivity index is 1.39. The number of anilines is 1. The van der Waals surface area contributed by atoms with Gasteiger partial charge in [-0.1, -0.05) is 0 Å². The van der Waals surface area contributed by atoms with E-state index in [9.17, 15) is 0 Å². The van der Waals surface area contributed by atoms with Crippen molar-refractivity contribution in [3.8, 4) is 11.1 Å². The number of fused-ring (bicyclic) bond motifs is 2. The predicted octanol–water partition coefficient (Wildman–Crippen LogP) is 2.81. The Bertz CT molecular complexity index is 1080. The molecule has 0 unspecified atom stereocenters. The van der Waals surface area contributed by atoms with Crippen LogP contribution in [0.15, 0.2) is 43.2 Å². The molecular weight excluding hydrogens is 342 g/mol. The zero-order valence-corrected chi connectivity index (χ0v) is 15.1. The highest BCUT2D eigenvalue weighted by atomic mass is 16.5. The van der Waals surface area contributed by atoms with Gasteiger partial charge in [-0.2, -0.15) is 0 Å². The van der Waals surface area contributed by atoms with E-state index in [4.69, 9.17) is 4.74 Å². The van der Waals surface area contributed by atoms with Crippen LogP contribution in [0.1, 0.15) is 25.7 Å². The first-order valence-electron chi connectivity index (χ1n) is 9.23. The van der Waals surface area contributed by atoms with Crippen molar-refractivity contribution in [3.05, 3.63) is 43.2 Å². The van der Waals surface area contributed by atoms with Gasteiger partial charge in [0.1, 0.15) is 0 Å². The van der Waals surface area contributed by atoms with Gasteiger partial charge in [-0.15, -0.1) is 5.10 Å². The molecule has 1 N–H and O–H groups in total. The normalized spacial score (nSPS) is 20.3. The third-order valence-electron chi connectivity index (χ3n) is 5.31. The van der Waals surface area contributed by atoms with E-state index in [1.54, 1.807) is 13.3 Å². The molecule has 8 nitrogen and oxygen atoms in total. The molecule has 0 aromatic carbocycles. The van der Waals surface area contributed by atoms with Crippen LogP contribution in [-0.4, -0.2) is 48.2 Å². The Morgan fingerprint density at radius 2 is 1.96 bits per heavy atom. The lowest BCUT2D eigenvalue weighted by atomic mass is 9.93. The van der Waals surface area contributed by atoms with Gasteiger partial charge in [0, 0.05) is 55.3 Å². The maximum atomic E-state index is 5.44. The number of ether oxygens (including phenoxy) is 1. The second-order valence-electron chi connectivity index (χ2n) is 6.97. The molecule has 0 aliphatic heterocycles. The monoisotopic (exact) mass is 363 g/mol. The van der Waals surface area contributed by atoms with Crippen molar-refractivity contribution < 1.29 is 4.74 Å². The predicted molar refractivity (Wildman–Crippen MR) is 102 cm³/mol. The first-order chi connectivity index (χ1) is 13.3. The first-order valence-corrected chi connectivity index (χ1v) is 9.23. The Morgan fingerprint density at radius 3 is 2.81 bits per heavy atom. The van der Waals surface area contributed by atoms with Crippen LogP contribution in [0, 0.1) is 0 Å². The number of hydrogen-bond acceptors (Lipinski definition) is 6. The summed E-state index contributed by atoms with van der Waals surface area (Å²) in [5.41, 5.74) is 3.00. The molecule has 8 heteroatoms. The van der Waals surface area contributed by atoms with Crippen molar-refractivity contribution in [2.75, 3.05) is 12.4 Å². The Labute approximate surface area is 156 Å². The number of hydrogen-bond donors (Lipinski definition) is 1. The minimum atomic E-state index is 0.389. The standard InChI is InChI=1S/C19H21N7O/c1-27-15-4-2-14(3-5-15)23-18-21-11-17-16(6-8-26(17)24-18)13-10-22-19-20-7-9-25(19)12-13/h6-12,14-15H,2-5H2,1H3,(H,23,24). The van der Waals surface area contributed by atoms with Gasteiger partial charge >= 0.3 is 0 Å². The highest BCUT2D eigenvalue weighted by Crippen LogP contribution is 2.26. The summed E-state index contributed by atoms with van der Waals surface area (Å²) in [6.45, 7) is 0. The summed E-state index contributed by atoms with van der Waals surface area (Å²) in [6, 6.07) is 2.44. The number of nitrogens with one attached hydrogen (secondary N) is 1. The van der Waals surface area contributed by atoms with Gasteiger partial charge in [-0.3, -0.25) is 4.40 Å². The average molecular weight is 363 g/mol. The van der Waals surface area contributed by atoms with E-state index in [1.165, 1.54) is 0 Å². The summed E-state index contributed by atoms with van der Waals surface area (Å²) in [5, 5.41) is 8.09. The summed E-state index contributed by atoms with van der Waals surface area (Å²) in [4.78, 5) is 13.1. The van der Waals surface area contributed by atoms with Gasteiger partial charge in [0.05, 0.1) is 17.8 Å². The second kappa shape index (κ2) is 6.62. The zero-order valence-electron chi connectivity index (χ0n) is 15.1. The molecule has 4 heterocycles. The van der Waals surface area contributed by atoms with Crippen LogP contribution in [0.5, 0.6) is 0 Å². The highest BCUT2D eigenvalue weighted by Gasteiger charge is 2.21. The lowest BCUT2D eigenvalue weighted by molar-refractivity contribution is 0.0681. The fraction of sp³-hybridized carbons (Fsp3) is 0.368. The van der Waals surface area contributed by atoms with E-state index in [1.807, 2.05) is 46.0 Å². The van der Waals surface area contributed by atoms with Crippen molar-refractivity contribution in [1.29, 1.82) is 0 Å². The molecule has 1 aliphatic carbocycles. The third-order valence-corrected chi connectivity index (χ3v) is 5.31. The summed E-state index contributed by atoms with van der Waals surface area (Å²) in [6.07, 6.45) is 16.0. The van der Waals surface area contributed by atoms with Crippen molar-refractivity contribution in [1.82, 2.24) is 29.0 Å². The van der Waals surface area contributed by atoms with Gasteiger partial charge < -0.3 is 10.1 Å². The van der Waals surface area contributed by atoms with Crippen molar-refractivity contribution in [3.63, 3.8) is 0 Å². The second-order valence-corrected chi connectivity index (χ2v) is 6.97. The molecule has 1 aliphatic rings. The molecule has 1 fully saturated rings. The van der Waals surface area contributed by atoms with Gasteiger partial charge in [0.15, 0.2) is 0 Å². The van der Waals surface area contributed by atoms with Gasteiger partial charge in [0.25, 0.3) is 0 Å². The van der Waals surface area contributed by atoms with Gasteiger partial charge in [-0.05, 0) is 31.7 Å². The number of imidazole rings is 1. The van der Waals surface area contributed by atoms with Crippen LogP contribution in [0.4, 0.5) is 5.95 Å². The summed E-state index contributed by atoms with van der Waals surface area (Å²) < 4.78 is 9.21. The zero-order chi connectivity index (χ0) is 18.2. The number of nitrogens with zero attached hydrogens (tertiary/aromatic N) is 6. The maximum absolute atomic E-state index is 5.44. The van der Waals surface area contributed by atoms with E-state index in [0.717, 1.165) is 42.3 Å². The Hall–Kier alpha value is -3.00. The van der Waals surface area contributed by atoms with E-state index in [0.29, 0.717) is 23.9 Å². The van der Waals surface area contributed by atoms with Crippen LogP contribution < -0.4 is 5.32 Å². The largest absolute Gasteiger partial charge is 0.381 e. The molecule has 0 saturated heterocycles. The molecule has 0 spiro atoms. The Morgan fingerprint density at radius 1 is 1.07 bits per heavy atom. The molecule has 4 aromatic heterocycles. The molecule has 0 radical (unpaired) electrons. The summed E-state index contributed by atoms with van der Waals surface area (Å²) in [5.74, 6) is 1.35. The molecule has 4 aromatic rings. The van der Waals surface area contributed by atoms with Crippen LogP contribution in [-0.2, 0) is 4.74 Å². The summed E-state index contributed by atoms with van der Waals surface area (Å²) >= 11 is 0. The topological polar surface area (TPSA) is 81.6 Å². The first kappa shape index (κ1) is 16.2. The fourth-order valence-corrected chi connectivity index (χ4v) is 3.79. The molecule has 138 valence electrons. The molecule has 27 heavy (non-hydrogen) atoms. The molecule has 0 atom stereocenters. The van der Waals surface area contributed by atoms with E-state index >= 15 is 0 Å².